The molecule has 2 aromatic carbocycles. The van der Waals surface area contributed by atoms with Crippen LogP contribution < -0.4 is 0 Å². The summed E-state index contributed by atoms with van der Waals surface area (Å²) in [5, 5.41) is 0.724. The third-order valence-electron chi connectivity index (χ3n) is 4.18. The van der Waals surface area contributed by atoms with Gasteiger partial charge in [0.25, 0.3) is 0 Å². The lowest BCUT2D eigenvalue weighted by Gasteiger charge is -2.21. The molecular weight excluding hydrogens is 395 g/mol. The highest BCUT2D eigenvalue weighted by molar-refractivity contribution is 7.90. The van der Waals surface area contributed by atoms with E-state index in [4.69, 9.17) is 27.9 Å². The lowest BCUT2D eigenvalue weighted by Crippen LogP contribution is -2.22. The highest BCUT2D eigenvalue weighted by Crippen LogP contribution is 2.44. The molecule has 2 aromatic rings. The second-order valence-corrected chi connectivity index (χ2v) is 9.41. The number of halogens is 2. The zero-order valence-electron chi connectivity index (χ0n) is 14.3. The van der Waals surface area contributed by atoms with Crippen LogP contribution in [0.5, 0.6) is 0 Å². The first-order valence-corrected chi connectivity index (χ1v) is 10.4. The van der Waals surface area contributed by atoms with Crippen LogP contribution in [0, 0.1) is 0 Å². The van der Waals surface area contributed by atoms with E-state index in [1.54, 1.807) is 44.2 Å². The van der Waals surface area contributed by atoms with Crippen LogP contribution in [0.4, 0.5) is 0 Å². The fourth-order valence-electron chi connectivity index (χ4n) is 3.01. The largest absolute Gasteiger partial charge is 0.451 e. The molecule has 0 radical (unpaired) electrons. The third kappa shape index (κ3) is 3.39. The van der Waals surface area contributed by atoms with Crippen molar-refractivity contribution in [2.45, 2.75) is 24.3 Å². The summed E-state index contributed by atoms with van der Waals surface area (Å²) >= 11 is 12.1. The molecule has 0 amide bonds. The number of esters is 1. The number of cyclic esters (lactones) is 1. The molecule has 0 N–H and O–H groups in total. The van der Waals surface area contributed by atoms with Gasteiger partial charge in [0.05, 0.1) is 20.5 Å². The van der Waals surface area contributed by atoms with Crippen LogP contribution in [-0.4, -0.2) is 26.2 Å². The van der Waals surface area contributed by atoms with E-state index in [2.05, 4.69) is 0 Å². The molecule has 0 spiro atoms. The van der Waals surface area contributed by atoms with Gasteiger partial charge in [0.15, 0.2) is 9.84 Å². The molecule has 0 atom stereocenters. The molecule has 136 valence electrons. The maximum atomic E-state index is 12.5. The monoisotopic (exact) mass is 410 g/mol. The van der Waals surface area contributed by atoms with Crippen molar-refractivity contribution in [3.8, 4) is 0 Å². The number of hydrogen-bond acceptors (Lipinski definition) is 4. The van der Waals surface area contributed by atoms with Crippen molar-refractivity contribution in [2.75, 3.05) is 6.26 Å². The van der Waals surface area contributed by atoms with Crippen LogP contribution in [0.25, 0.3) is 11.1 Å². The predicted molar refractivity (Wildman–Crippen MR) is 103 cm³/mol. The topological polar surface area (TPSA) is 60.4 Å². The molecule has 4 nitrogen and oxygen atoms in total. The number of hydrogen-bond donors (Lipinski definition) is 0. The summed E-state index contributed by atoms with van der Waals surface area (Å²) < 4.78 is 28.9. The van der Waals surface area contributed by atoms with Gasteiger partial charge in [0, 0.05) is 11.8 Å². The molecular formula is C19H16Cl2O4S. The number of carbonyl (C=O) groups is 1. The second kappa shape index (κ2) is 6.41. The molecule has 1 aliphatic heterocycles. The Morgan fingerprint density at radius 3 is 2.04 bits per heavy atom. The lowest BCUT2D eigenvalue weighted by molar-refractivity contribution is -0.141. The van der Waals surface area contributed by atoms with Gasteiger partial charge in [-0.1, -0.05) is 41.4 Å². The molecule has 0 saturated heterocycles. The minimum absolute atomic E-state index is 0.209. The zero-order valence-corrected chi connectivity index (χ0v) is 16.7. The molecule has 0 aliphatic carbocycles. The number of ether oxygens (including phenoxy) is 1. The molecule has 0 fully saturated rings. The Hall–Kier alpha value is -1.82. The Morgan fingerprint density at radius 1 is 0.923 bits per heavy atom. The van der Waals surface area contributed by atoms with Crippen LogP contribution in [0.1, 0.15) is 25.0 Å². The number of benzene rings is 2. The molecule has 0 aromatic heterocycles. The van der Waals surface area contributed by atoms with Gasteiger partial charge in [-0.15, -0.1) is 0 Å². The highest BCUT2D eigenvalue weighted by atomic mass is 35.5. The minimum Gasteiger partial charge on any atom is -0.451 e. The molecule has 3 rings (SSSR count). The van der Waals surface area contributed by atoms with Crippen molar-refractivity contribution >= 4 is 50.2 Å². The Kier molecular flexibility index (Phi) is 4.67. The van der Waals surface area contributed by atoms with E-state index >= 15 is 0 Å². The van der Waals surface area contributed by atoms with Crippen LogP contribution in [0.3, 0.4) is 0 Å². The first-order chi connectivity index (χ1) is 12.0. The zero-order chi connectivity index (χ0) is 19.3. The van der Waals surface area contributed by atoms with Crippen LogP contribution >= 0.6 is 23.2 Å². The average Bonchev–Trinajstić information content (AvgIpc) is 2.78. The summed E-state index contributed by atoms with van der Waals surface area (Å²) in [7, 11) is -3.31. The molecule has 26 heavy (non-hydrogen) atoms. The predicted octanol–water partition coefficient (Wildman–Crippen LogP) is 4.64. The van der Waals surface area contributed by atoms with E-state index in [1.807, 2.05) is 0 Å². The van der Waals surface area contributed by atoms with Gasteiger partial charge in [0.2, 0.25) is 0 Å². The van der Waals surface area contributed by atoms with Crippen LogP contribution in [0.2, 0.25) is 10.0 Å². The van der Waals surface area contributed by atoms with Gasteiger partial charge >= 0.3 is 5.97 Å². The summed E-state index contributed by atoms with van der Waals surface area (Å²) in [5.74, 6) is -0.462. The van der Waals surface area contributed by atoms with Crippen molar-refractivity contribution in [3.05, 3.63) is 63.6 Å². The van der Waals surface area contributed by atoms with Crippen molar-refractivity contribution < 1.29 is 17.9 Å². The van der Waals surface area contributed by atoms with Crippen LogP contribution in [-0.2, 0) is 19.4 Å². The summed E-state index contributed by atoms with van der Waals surface area (Å²) in [4.78, 5) is 12.8. The van der Waals surface area contributed by atoms with Crippen molar-refractivity contribution in [1.82, 2.24) is 0 Å². The normalized spacial score (nSPS) is 16.7. The lowest BCUT2D eigenvalue weighted by atomic mass is 9.87. The van der Waals surface area contributed by atoms with E-state index in [0.717, 1.165) is 6.26 Å². The fourth-order valence-corrected chi connectivity index (χ4v) is 3.94. The first-order valence-electron chi connectivity index (χ1n) is 7.75. The number of sulfone groups is 1. The van der Waals surface area contributed by atoms with Crippen LogP contribution in [0.15, 0.2) is 47.4 Å². The Morgan fingerprint density at radius 2 is 1.50 bits per heavy atom. The third-order valence-corrected chi connectivity index (χ3v) is 6.05. The fraction of sp³-hybridized carbons (Fsp3) is 0.211. The van der Waals surface area contributed by atoms with Gasteiger partial charge < -0.3 is 4.74 Å². The van der Waals surface area contributed by atoms with E-state index in [0.29, 0.717) is 32.3 Å². The van der Waals surface area contributed by atoms with Gasteiger partial charge in [-0.05, 0) is 49.2 Å². The van der Waals surface area contributed by atoms with Gasteiger partial charge in [-0.2, -0.15) is 0 Å². The van der Waals surface area contributed by atoms with E-state index in [-0.39, 0.29) is 4.90 Å². The maximum Gasteiger partial charge on any atom is 0.340 e. The molecule has 1 heterocycles. The molecule has 0 unspecified atom stereocenters. The van der Waals surface area contributed by atoms with Crippen molar-refractivity contribution in [2.24, 2.45) is 0 Å². The maximum absolute atomic E-state index is 12.5. The summed E-state index contributed by atoms with van der Waals surface area (Å²) in [6.45, 7) is 3.57. The smallest absolute Gasteiger partial charge is 0.340 e. The Bertz CT molecular complexity index is 1040. The standard InChI is InChI=1S/C19H16Cl2O4S/c1-19(2)17(11-4-7-13(8-5-11)26(3,23)24)16(18(22)25-19)12-6-9-14(20)15(21)10-12/h4-10H,1-3H3. The van der Waals surface area contributed by atoms with Crippen molar-refractivity contribution in [3.63, 3.8) is 0 Å². The molecule has 7 heteroatoms. The quantitative estimate of drug-likeness (QED) is 0.691. The number of rotatable bonds is 3. The first kappa shape index (κ1) is 19.0. The Balaban J connectivity index is 2.23. The van der Waals surface area contributed by atoms with E-state index < -0.39 is 21.4 Å². The Labute approximate surface area is 162 Å². The van der Waals surface area contributed by atoms with Gasteiger partial charge in [0.1, 0.15) is 5.60 Å². The minimum atomic E-state index is -3.31. The molecule has 0 bridgehead atoms. The van der Waals surface area contributed by atoms with Crippen molar-refractivity contribution in [1.29, 1.82) is 0 Å². The average molecular weight is 411 g/mol. The SMILES string of the molecule is CC1(C)OC(=O)C(c2ccc(Cl)c(Cl)c2)=C1c1ccc(S(C)(=O)=O)cc1. The summed E-state index contributed by atoms with van der Waals surface area (Å²) in [6.07, 6.45) is 1.15. The molecule has 1 aliphatic rings. The van der Waals surface area contributed by atoms with Gasteiger partial charge in [-0.3, -0.25) is 0 Å². The highest BCUT2D eigenvalue weighted by Gasteiger charge is 2.41. The second-order valence-electron chi connectivity index (χ2n) is 6.58. The molecule has 0 saturated carbocycles. The van der Waals surface area contributed by atoms with E-state index in [9.17, 15) is 13.2 Å². The summed E-state index contributed by atoms with van der Waals surface area (Å²) in [6, 6.07) is 11.3. The summed E-state index contributed by atoms with van der Waals surface area (Å²) in [5.41, 5.74) is 1.48. The van der Waals surface area contributed by atoms with E-state index in [1.165, 1.54) is 12.1 Å². The number of carbonyl (C=O) groups excluding carboxylic acids is 1. The van der Waals surface area contributed by atoms with Gasteiger partial charge in [-0.25, -0.2) is 13.2 Å².